The SMILES string of the molecule is Cc1cccc(OCC(=O)NC(=S)NNC(=O)COc2ccc(Cl)cc2)c1. The van der Waals surface area contributed by atoms with Crippen molar-refractivity contribution in [3.8, 4) is 11.5 Å². The van der Waals surface area contributed by atoms with Crippen LogP contribution in [0.5, 0.6) is 11.5 Å². The van der Waals surface area contributed by atoms with Crippen molar-refractivity contribution >= 4 is 40.7 Å². The first-order valence-corrected chi connectivity index (χ1v) is 8.67. The summed E-state index contributed by atoms with van der Waals surface area (Å²) >= 11 is 10.7. The number of carbonyl (C=O) groups is 2. The Bertz CT molecular complexity index is 815. The number of aryl methyl sites for hydroxylation is 1. The van der Waals surface area contributed by atoms with Gasteiger partial charge in [0, 0.05) is 5.02 Å². The van der Waals surface area contributed by atoms with E-state index in [0.29, 0.717) is 16.5 Å². The number of ether oxygens (including phenoxy) is 2. The molecule has 0 aromatic heterocycles. The maximum atomic E-state index is 11.8. The number of hydrazine groups is 1. The quantitative estimate of drug-likeness (QED) is 0.502. The van der Waals surface area contributed by atoms with E-state index in [1.54, 1.807) is 30.3 Å². The Hall–Kier alpha value is -2.84. The molecule has 2 aromatic rings. The molecule has 0 saturated carbocycles. The fraction of sp³-hybridized carbons (Fsp3) is 0.167. The lowest BCUT2D eigenvalue weighted by atomic mass is 10.2. The third kappa shape index (κ3) is 7.93. The highest BCUT2D eigenvalue weighted by atomic mass is 35.5. The average molecular weight is 408 g/mol. The summed E-state index contributed by atoms with van der Waals surface area (Å²) < 4.78 is 10.6. The van der Waals surface area contributed by atoms with Gasteiger partial charge in [0.2, 0.25) is 0 Å². The van der Waals surface area contributed by atoms with Gasteiger partial charge in [-0.15, -0.1) is 0 Å². The molecule has 3 N–H and O–H groups in total. The van der Waals surface area contributed by atoms with Gasteiger partial charge in [-0.05, 0) is 61.1 Å². The highest BCUT2D eigenvalue weighted by Gasteiger charge is 2.08. The smallest absolute Gasteiger partial charge is 0.276 e. The topological polar surface area (TPSA) is 88.7 Å². The van der Waals surface area contributed by atoms with Crippen LogP contribution in [-0.4, -0.2) is 30.1 Å². The van der Waals surface area contributed by atoms with E-state index in [0.717, 1.165) is 5.56 Å². The number of nitrogens with one attached hydrogen (secondary N) is 3. The fourth-order valence-electron chi connectivity index (χ4n) is 1.89. The highest BCUT2D eigenvalue weighted by molar-refractivity contribution is 7.80. The van der Waals surface area contributed by atoms with Crippen LogP contribution in [0.4, 0.5) is 0 Å². The van der Waals surface area contributed by atoms with Gasteiger partial charge in [0.1, 0.15) is 11.5 Å². The van der Waals surface area contributed by atoms with E-state index in [4.69, 9.17) is 33.3 Å². The number of hydrogen-bond donors (Lipinski definition) is 3. The van der Waals surface area contributed by atoms with Crippen molar-refractivity contribution in [2.75, 3.05) is 13.2 Å². The molecular weight excluding hydrogens is 390 g/mol. The molecule has 0 aliphatic carbocycles. The van der Waals surface area contributed by atoms with Crippen LogP contribution in [0.3, 0.4) is 0 Å². The molecule has 0 unspecified atom stereocenters. The lowest BCUT2D eigenvalue weighted by Crippen LogP contribution is -2.50. The zero-order chi connectivity index (χ0) is 19.6. The van der Waals surface area contributed by atoms with Crippen molar-refractivity contribution in [2.24, 2.45) is 0 Å². The van der Waals surface area contributed by atoms with Crippen molar-refractivity contribution in [2.45, 2.75) is 6.92 Å². The van der Waals surface area contributed by atoms with Crippen LogP contribution < -0.4 is 25.6 Å². The van der Waals surface area contributed by atoms with Gasteiger partial charge < -0.3 is 9.47 Å². The first kappa shape index (κ1) is 20.5. The molecule has 0 aliphatic rings. The molecule has 142 valence electrons. The number of carbonyl (C=O) groups excluding carboxylic acids is 2. The Morgan fingerprint density at radius 3 is 2.33 bits per heavy atom. The van der Waals surface area contributed by atoms with E-state index >= 15 is 0 Å². The van der Waals surface area contributed by atoms with Crippen LogP contribution >= 0.6 is 23.8 Å². The first-order chi connectivity index (χ1) is 12.9. The summed E-state index contributed by atoms with van der Waals surface area (Å²) in [6, 6.07) is 13.9. The fourth-order valence-corrected chi connectivity index (χ4v) is 2.18. The predicted octanol–water partition coefficient (Wildman–Crippen LogP) is 2.13. The number of halogens is 1. The van der Waals surface area contributed by atoms with Gasteiger partial charge in [-0.25, -0.2) is 0 Å². The number of thiocarbonyl (C=S) groups is 1. The highest BCUT2D eigenvalue weighted by Crippen LogP contribution is 2.15. The van der Waals surface area contributed by atoms with Gasteiger partial charge in [-0.1, -0.05) is 23.7 Å². The third-order valence-corrected chi connectivity index (χ3v) is 3.57. The van der Waals surface area contributed by atoms with Crippen LogP contribution in [0.25, 0.3) is 0 Å². The molecule has 2 amide bonds. The molecule has 7 nitrogen and oxygen atoms in total. The third-order valence-electron chi connectivity index (χ3n) is 3.11. The first-order valence-electron chi connectivity index (χ1n) is 7.89. The molecular formula is C18H18ClN3O4S. The van der Waals surface area contributed by atoms with E-state index in [-0.39, 0.29) is 18.3 Å². The lowest BCUT2D eigenvalue weighted by molar-refractivity contribution is -0.124. The van der Waals surface area contributed by atoms with E-state index in [9.17, 15) is 9.59 Å². The molecule has 0 fully saturated rings. The van der Waals surface area contributed by atoms with Crippen LogP contribution in [-0.2, 0) is 9.59 Å². The molecule has 9 heteroatoms. The Morgan fingerprint density at radius 1 is 0.963 bits per heavy atom. The van der Waals surface area contributed by atoms with Gasteiger partial charge in [-0.2, -0.15) is 0 Å². The second-order valence-electron chi connectivity index (χ2n) is 5.40. The van der Waals surface area contributed by atoms with Crippen molar-refractivity contribution in [3.63, 3.8) is 0 Å². The molecule has 0 aliphatic heterocycles. The van der Waals surface area contributed by atoms with Crippen molar-refractivity contribution in [1.29, 1.82) is 0 Å². The normalized spacial score (nSPS) is 9.85. The largest absolute Gasteiger partial charge is 0.484 e. The summed E-state index contributed by atoms with van der Waals surface area (Å²) in [5, 5.41) is 2.89. The number of amides is 2. The maximum Gasteiger partial charge on any atom is 0.276 e. The summed E-state index contributed by atoms with van der Waals surface area (Å²) in [5.74, 6) is 0.147. The van der Waals surface area contributed by atoms with Gasteiger partial charge in [0.15, 0.2) is 18.3 Å². The second-order valence-corrected chi connectivity index (χ2v) is 6.24. The lowest BCUT2D eigenvalue weighted by Gasteiger charge is -2.12. The summed E-state index contributed by atoms with van der Waals surface area (Å²) in [6.07, 6.45) is 0. The van der Waals surface area contributed by atoms with E-state index < -0.39 is 11.8 Å². The molecule has 0 heterocycles. The van der Waals surface area contributed by atoms with Crippen LogP contribution in [0.15, 0.2) is 48.5 Å². The zero-order valence-electron chi connectivity index (χ0n) is 14.5. The maximum absolute atomic E-state index is 11.8. The molecule has 2 rings (SSSR count). The van der Waals surface area contributed by atoms with Crippen molar-refractivity contribution in [3.05, 3.63) is 59.1 Å². The predicted molar refractivity (Wildman–Crippen MR) is 106 cm³/mol. The molecule has 0 spiro atoms. The number of rotatable bonds is 6. The summed E-state index contributed by atoms with van der Waals surface area (Å²) in [4.78, 5) is 23.5. The average Bonchev–Trinajstić information content (AvgIpc) is 2.64. The molecule has 27 heavy (non-hydrogen) atoms. The minimum atomic E-state index is -0.474. The van der Waals surface area contributed by atoms with Gasteiger partial charge in [-0.3, -0.25) is 25.8 Å². The Labute approximate surface area is 167 Å². The van der Waals surface area contributed by atoms with Crippen LogP contribution in [0, 0.1) is 6.92 Å². The van der Waals surface area contributed by atoms with Crippen LogP contribution in [0.2, 0.25) is 5.02 Å². The van der Waals surface area contributed by atoms with Gasteiger partial charge >= 0.3 is 0 Å². The number of hydrogen-bond acceptors (Lipinski definition) is 5. The van der Waals surface area contributed by atoms with Crippen LogP contribution in [0.1, 0.15) is 5.56 Å². The standard InChI is InChI=1S/C18H18ClN3O4S/c1-12-3-2-4-15(9-12)26-10-16(23)20-18(27)22-21-17(24)11-25-14-7-5-13(19)6-8-14/h2-9H,10-11H2,1H3,(H,21,24)(H2,20,22,23,27). The molecule has 0 saturated heterocycles. The van der Waals surface area contributed by atoms with E-state index in [2.05, 4.69) is 16.2 Å². The van der Waals surface area contributed by atoms with E-state index in [1.165, 1.54) is 0 Å². The number of benzene rings is 2. The van der Waals surface area contributed by atoms with Gasteiger partial charge in [0.05, 0.1) is 0 Å². The Kier molecular flexibility index (Phi) is 7.84. The minimum Gasteiger partial charge on any atom is -0.484 e. The summed E-state index contributed by atoms with van der Waals surface area (Å²) in [6.45, 7) is 1.48. The molecule has 0 atom stereocenters. The molecule has 0 radical (unpaired) electrons. The molecule has 2 aromatic carbocycles. The summed E-state index contributed by atoms with van der Waals surface area (Å²) in [7, 11) is 0. The zero-order valence-corrected chi connectivity index (χ0v) is 16.0. The minimum absolute atomic E-state index is 0.0623. The Balaban J connectivity index is 1.63. The Morgan fingerprint density at radius 2 is 1.63 bits per heavy atom. The van der Waals surface area contributed by atoms with Crippen molar-refractivity contribution < 1.29 is 19.1 Å². The van der Waals surface area contributed by atoms with Gasteiger partial charge in [0.25, 0.3) is 11.8 Å². The summed E-state index contributed by atoms with van der Waals surface area (Å²) in [5.41, 5.74) is 5.75. The second kappa shape index (κ2) is 10.3. The van der Waals surface area contributed by atoms with Crippen molar-refractivity contribution in [1.82, 2.24) is 16.2 Å². The molecule has 0 bridgehead atoms. The van der Waals surface area contributed by atoms with E-state index in [1.807, 2.05) is 25.1 Å². The monoisotopic (exact) mass is 407 g/mol.